The van der Waals surface area contributed by atoms with E-state index in [1.807, 2.05) is 20.8 Å². The summed E-state index contributed by atoms with van der Waals surface area (Å²) in [6.45, 7) is 6.65. The number of nitrogens with one attached hydrogen (secondary N) is 1. The standard InChI is InChI=1S/C28H35N3O8/c1-27(2,3)11-30-10-17(33)13-6-7-16(32)19-14(13)8-12-9-15-21(31(4)5)23(35)20(26(29)38)25(37)28(15,39)24(36)18(12)22(19)34/h6-7,12,15,21,30,32,35-36,39H,8-11H2,1-5H3,(H2,29,38)/t12-,15-,21+,28-/m0/s1. The Labute approximate surface area is 226 Å². The van der Waals surface area contributed by atoms with Crippen LogP contribution in [0.5, 0.6) is 5.75 Å². The van der Waals surface area contributed by atoms with Crippen LogP contribution in [0.3, 0.4) is 0 Å². The summed E-state index contributed by atoms with van der Waals surface area (Å²) in [5.41, 5.74) is 1.84. The lowest BCUT2D eigenvalue weighted by Crippen LogP contribution is -2.63. The molecule has 11 nitrogen and oxygen atoms in total. The van der Waals surface area contributed by atoms with Crippen LogP contribution >= 0.6 is 0 Å². The quantitative estimate of drug-likeness (QED) is 0.223. The summed E-state index contributed by atoms with van der Waals surface area (Å²) in [7, 11) is 3.12. The summed E-state index contributed by atoms with van der Waals surface area (Å²) in [5, 5.41) is 47.5. The van der Waals surface area contributed by atoms with E-state index in [2.05, 4.69) is 5.32 Å². The zero-order valence-electron chi connectivity index (χ0n) is 22.7. The first-order valence-corrected chi connectivity index (χ1v) is 12.8. The molecule has 1 aromatic carbocycles. The van der Waals surface area contributed by atoms with Crippen LogP contribution in [0.15, 0.2) is 34.8 Å². The molecule has 1 amide bonds. The number of carbonyl (C=O) groups is 4. The fourth-order valence-electron chi connectivity index (χ4n) is 6.16. The normalized spacial score (nSPS) is 26.9. The van der Waals surface area contributed by atoms with Crippen molar-refractivity contribution in [2.75, 3.05) is 27.2 Å². The van der Waals surface area contributed by atoms with E-state index in [1.165, 1.54) is 17.0 Å². The number of primary amides is 1. The molecule has 3 aliphatic carbocycles. The highest BCUT2D eigenvalue weighted by molar-refractivity contribution is 6.25. The fraction of sp³-hybridized carbons (Fsp3) is 0.500. The molecule has 0 unspecified atom stereocenters. The molecule has 0 saturated heterocycles. The molecule has 7 N–H and O–H groups in total. The van der Waals surface area contributed by atoms with Crippen molar-refractivity contribution < 1.29 is 39.6 Å². The minimum Gasteiger partial charge on any atom is -0.510 e. The molecule has 0 bridgehead atoms. The number of hydrogen-bond donors (Lipinski definition) is 6. The number of aliphatic hydroxyl groups excluding tert-OH is 2. The molecule has 11 heteroatoms. The van der Waals surface area contributed by atoms with Gasteiger partial charge in [0.2, 0.25) is 5.78 Å². The van der Waals surface area contributed by atoms with Gasteiger partial charge >= 0.3 is 0 Å². The highest BCUT2D eigenvalue weighted by atomic mass is 16.3. The molecule has 1 aromatic rings. The Morgan fingerprint density at radius 3 is 2.36 bits per heavy atom. The lowest BCUT2D eigenvalue weighted by molar-refractivity contribution is -0.148. The van der Waals surface area contributed by atoms with Gasteiger partial charge in [0, 0.05) is 23.6 Å². The van der Waals surface area contributed by atoms with Crippen molar-refractivity contribution in [3.63, 3.8) is 0 Å². The van der Waals surface area contributed by atoms with Gasteiger partial charge in [-0.15, -0.1) is 0 Å². The van der Waals surface area contributed by atoms with E-state index in [1.54, 1.807) is 14.1 Å². The molecule has 0 spiro atoms. The molecular formula is C28H35N3O8. The lowest BCUT2D eigenvalue weighted by Gasteiger charge is -2.50. The Morgan fingerprint density at radius 1 is 1.15 bits per heavy atom. The minimum atomic E-state index is -2.70. The number of likely N-dealkylation sites (N-methyl/N-ethyl adjacent to an activating group) is 1. The minimum absolute atomic E-state index is 0.00936. The molecule has 4 rings (SSSR count). The summed E-state index contributed by atoms with van der Waals surface area (Å²) < 4.78 is 0. The number of nitrogens with two attached hydrogens (primary N) is 1. The van der Waals surface area contributed by atoms with Crippen LogP contribution in [0.4, 0.5) is 0 Å². The van der Waals surface area contributed by atoms with Crippen molar-refractivity contribution in [3.8, 4) is 5.75 Å². The lowest BCUT2D eigenvalue weighted by atomic mass is 9.58. The monoisotopic (exact) mass is 541 g/mol. The zero-order valence-corrected chi connectivity index (χ0v) is 22.7. The second kappa shape index (κ2) is 9.58. The number of Topliss-reactive ketones (excluding diaryl/α,β-unsaturated/α-hetero) is 3. The molecule has 210 valence electrons. The summed E-state index contributed by atoms with van der Waals surface area (Å²) in [5.74, 6) is -7.53. The highest BCUT2D eigenvalue weighted by Crippen LogP contribution is 2.52. The maximum absolute atomic E-state index is 13.7. The van der Waals surface area contributed by atoms with Gasteiger partial charge in [-0.2, -0.15) is 0 Å². The van der Waals surface area contributed by atoms with E-state index >= 15 is 0 Å². The summed E-state index contributed by atoms with van der Waals surface area (Å²) >= 11 is 0. The van der Waals surface area contributed by atoms with Gasteiger partial charge in [0.15, 0.2) is 17.2 Å². The zero-order chi connectivity index (χ0) is 29.2. The van der Waals surface area contributed by atoms with Crippen LogP contribution in [0.25, 0.3) is 0 Å². The third-order valence-corrected chi connectivity index (χ3v) is 7.85. The molecule has 0 heterocycles. The Balaban J connectivity index is 1.83. The van der Waals surface area contributed by atoms with Gasteiger partial charge in [-0.05, 0) is 56.0 Å². The number of ketones is 3. The Kier molecular flexibility index (Phi) is 6.99. The number of amides is 1. The molecule has 0 aromatic heterocycles. The molecule has 4 atom stereocenters. The second-order valence-electron chi connectivity index (χ2n) is 12.0. The second-order valence-corrected chi connectivity index (χ2v) is 12.0. The molecule has 0 saturated carbocycles. The third kappa shape index (κ3) is 4.44. The van der Waals surface area contributed by atoms with E-state index in [-0.39, 0.29) is 47.3 Å². The number of hydrogen-bond acceptors (Lipinski definition) is 10. The number of nitrogens with zero attached hydrogens (tertiary/aromatic N) is 1. The first-order chi connectivity index (χ1) is 18.0. The van der Waals surface area contributed by atoms with E-state index in [4.69, 9.17) is 5.73 Å². The summed E-state index contributed by atoms with van der Waals surface area (Å²) in [6, 6.07) is 1.60. The molecule has 0 radical (unpaired) electrons. The molecule has 0 aliphatic heterocycles. The summed E-state index contributed by atoms with van der Waals surface area (Å²) in [4.78, 5) is 53.8. The highest BCUT2D eigenvalue weighted by Gasteiger charge is 2.63. The van der Waals surface area contributed by atoms with Gasteiger partial charge in [-0.3, -0.25) is 24.1 Å². The Morgan fingerprint density at radius 2 is 1.79 bits per heavy atom. The number of phenolic OH excluding ortho intramolecular Hbond substituents is 1. The number of aliphatic hydroxyl groups is 3. The Bertz CT molecular complexity index is 1350. The van der Waals surface area contributed by atoms with Crippen molar-refractivity contribution in [3.05, 3.63) is 51.5 Å². The van der Waals surface area contributed by atoms with Crippen LogP contribution in [-0.2, 0) is 16.0 Å². The summed E-state index contributed by atoms with van der Waals surface area (Å²) in [6.07, 6.45) is 0.0145. The van der Waals surface area contributed by atoms with Gasteiger partial charge in [0.25, 0.3) is 5.91 Å². The molecular weight excluding hydrogens is 506 g/mol. The van der Waals surface area contributed by atoms with Gasteiger partial charge in [0.1, 0.15) is 22.8 Å². The van der Waals surface area contributed by atoms with Crippen molar-refractivity contribution in [2.45, 2.75) is 45.3 Å². The Hall–Kier alpha value is -3.54. The number of aromatic hydroxyl groups is 1. The van der Waals surface area contributed by atoms with Gasteiger partial charge in [-0.1, -0.05) is 20.8 Å². The first-order valence-electron chi connectivity index (χ1n) is 12.8. The van der Waals surface area contributed by atoms with Gasteiger partial charge in [-0.25, -0.2) is 0 Å². The SMILES string of the molecule is CN(C)[C@H]1C(O)=C(C(N)=O)C(=O)[C@@]2(O)C(O)=C3C(=O)c4c(O)ccc(C(=O)CNCC(C)(C)C)c4C[C@H]3C[C@@H]12. The number of benzene rings is 1. The fourth-order valence-corrected chi connectivity index (χ4v) is 6.16. The van der Waals surface area contributed by atoms with E-state index < -0.39 is 63.8 Å². The van der Waals surface area contributed by atoms with Gasteiger partial charge in [0.05, 0.1) is 18.2 Å². The first kappa shape index (κ1) is 28.5. The van der Waals surface area contributed by atoms with Gasteiger partial charge < -0.3 is 31.5 Å². The van der Waals surface area contributed by atoms with Crippen LogP contribution in [0, 0.1) is 17.3 Å². The molecule has 39 heavy (non-hydrogen) atoms. The van der Waals surface area contributed by atoms with Crippen LogP contribution < -0.4 is 11.1 Å². The van der Waals surface area contributed by atoms with Crippen molar-refractivity contribution >= 4 is 23.3 Å². The third-order valence-electron chi connectivity index (χ3n) is 7.85. The topological polar surface area (TPSA) is 190 Å². The number of fused-ring (bicyclic) bond motifs is 3. The van der Waals surface area contributed by atoms with E-state index in [0.29, 0.717) is 12.1 Å². The van der Waals surface area contributed by atoms with Crippen molar-refractivity contribution in [1.82, 2.24) is 10.2 Å². The number of rotatable bonds is 6. The smallest absolute Gasteiger partial charge is 0.255 e. The average molecular weight is 542 g/mol. The van der Waals surface area contributed by atoms with E-state index in [0.717, 1.165) is 0 Å². The van der Waals surface area contributed by atoms with Crippen LogP contribution in [0.1, 0.15) is 53.5 Å². The van der Waals surface area contributed by atoms with Crippen LogP contribution in [0.2, 0.25) is 0 Å². The molecule has 3 aliphatic rings. The van der Waals surface area contributed by atoms with E-state index in [9.17, 15) is 39.6 Å². The molecule has 0 fully saturated rings. The number of allylic oxidation sites excluding steroid dienone is 1. The number of phenols is 1. The largest absolute Gasteiger partial charge is 0.510 e. The number of carbonyl (C=O) groups excluding carboxylic acids is 4. The van der Waals surface area contributed by atoms with Crippen molar-refractivity contribution in [2.24, 2.45) is 23.0 Å². The predicted octanol–water partition coefficient (Wildman–Crippen LogP) is 0.939. The van der Waals surface area contributed by atoms with Crippen LogP contribution in [-0.4, -0.2) is 87.4 Å². The van der Waals surface area contributed by atoms with Crippen molar-refractivity contribution in [1.29, 1.82) is 0 Å². The predicted molar refractivity (Wildman–Crippen MR) is 140 cm³/mol. The maximum Gasteiger partial charge on any atom is 0.255 e. The average Bonchev–Trinajstić information content (AvgIpc) is 2.80. The maximum atomic E-state index is 13.7.